The lowest BCUT2D eigenvalue weighted by Gasteiger charge is -2.14. The number of nitrogens with one attached hydrogen (secondary N) is 1. The van der Waals surface area contributed by atoms with E-state index in [9.17, 15) is 9.18 Å². The molecule has 3 nitrogen and oxygen atoms in total. The molecule has 1 amide bonds. The Morgan fingerprint density at radius 1 is 1.61 bits per heavy atom. The fourth-order valence-corrected chi connectivity index (χ4v) is 1.51. The van der Waals surface area contributed by atoms with E-state index in [2.05, 4.69) is 11.2 Å². The molecule has 0 spiro atoms. The van der Waals surface area contributed by atoms with Crippen molar-refractivity contribution < 1.29 is 13.9 Å². The molecule has 0 aromatic heterocycles. The maximum Gasteiger partial charge on any atom is 0.251 e. The lowest BCUT2D eigenvalue weighted by molar-refractivity contribution is 0.0936. The number of methoxy groups -OCH3 is 1. The van der Waals surface area contributed by atoms with Crippen LogP contribution in [0.3, 0.4) is 0 Å². The van der Waals surface area contributed by atoms with Crippen LogP contribution in [0, 0.1) is 18.2 Å². The van der Waals surface area contributed by atoms with Gasteiger partial charge in [0, 0.05) is 18.0 Å². The molecule has 96 valence electrons. The first kappa shape index (κ1) is 14.0. The summed E-state index contributed by atoms with van der Waals surface area (Å²) in [4.78, 5) is 11.9. The quantitative estimate of drug-likeness (QED) is 0.813. The van der Waals surface area contributed by atoms with Gasteiger partial charge in [0.05, 0.1) is 7.11 Å². The molecule has 0 saturated carbocycles. The SMILES string of the molecule is C#CCC(CC)NC(=O)c1ccc(F)c(OC)c1. The van der Waals surface area contributed by atoms with Crippen LogP contribution in [0.2, 0.25) is 0 Å². The van der Waals surface area contributed by atoms with Gasteiger partial charge in [-0.2, -0.15) is 0 Å². The molecular formula is C14H16FNO2. The van der Waals surface area contributed by atoms with Crippen LogP contribution in [0.5, 0.6) is 5.75 Å². The standard InChI is InChI=1S/C14H16FNO2/c1-4-6-11(5-2)16-14(17)10-7-8-12(15)13(9-10)18-3/h1,7-9,11H,5-6H2,2-3H3,(H,16,17). The zero-order chi connectivity index (χ0) is 13.5. The van der Waals surface area contributed by atoms with Crippen molar-refractivity contribution in [2.75, 3.05) is 7.11 Å². The maximum absolute atomic E-state index is 13.2. The normalized spacial score (nSPS) is 11.4. The van der Waals surface area contributed by atoms with Crippen molar-refractivity contribution in [2.24, 2.45) is 0 Å². The minimum absolute atomic E-state index is 0.0487. The van der Waals surface area contributed by atoms with Gasteiger partial charge in [-0.25, -0.2) is 4.39 Å². The summed E-state index contributed by atoms with van der Waals surface area (Å²) in [6, 6.07) is 3.91. The van der Waals surface area contributed by atoms with E-state index in [1.807, 2.05) is 6.92 Å². The molecule has 0 radical (unpaired) electrons. The van der Waals surface area contributed by atoms with Gasteiger partial charge in [0.25, 0.3) is 5.91 Å². The highest BCUT2D eigenvalue weighted by molar-refractivity contribution is 5.94. The monoisotopic (exact) mass is 249 g/mol. The highest BCUT2D eigenvalue weighted by atomic mass is 19.1. The van der Waals surface area contributed by atoms with Gasteiger partial charge >= 0.3 is 0 Å². The van der Waals surface area contributed by atoms with E-state index in [-0.39, 0.29) is 17.7 Å². The summed E-state index contributed by atoms with van der Waals surface area (Å²) >= 11 is 0. The van der Waals surface area contributed by atoms with E-state index in [1.54, 1.807) is 0 Å². The van der Waals surface area contributed by atoms with E-state index in [0.717, 1.165) is 6.42 Å². The number of hydrogen-bond donors (Lipinski definition) is 1. The molecule has 1 unspecified atom stereocenters. The van der Waals surface area contributed by atoms with Crippen LogP contribution >= 0.6 is 0 Å². The van der Waals surface area contributed by atoms with E-state index in [1.165, 1.54) is 25.3 Å². The molecule has 0 heterocycles. The zero-order valence-electron chi connectivity index (χ0n) is 10.5. The third kappa shape index (κ3) is 3.49. The molecule has 1 rings (SSSR count). The number of ether oxygens (including phenoxy) is 1. The lowest BCUT2D eigenvalue weighted by atomic mass is 10.1. The third-order valence-electron chi connectivity index (χ3n) is 2.61. The largest absolute Gasteiger partial charge is 0.494 e. The molecule has 1 aromatic carbocycles. The van der Waals surface area contributed by atoms with Crippen molar-refractivity contribution in [3.63, 3.8) is 0 Å². The average molecular weight is 249 g/mol. The van der Waals surface area contributed by atoms with E-state index >= 15 is 0 Å². The number of halogens is 1. The van der Waals surface area contributed by atoms with Crippen molar-refractivity contribution in [1.29, 1.82) is 0 Å². The number of carbonyl (C=O) groups excluding carboxylic acids is 1. The lowest BCUT2D eigenvalue weighted by Crippen LogP contribution is -2.34. The van der Waals surface area contributed by atoms with Crippen molar-refractivity contribution in [2.45, 2.75) is 25.8 Å². The number of amides is 1. The predicted molar refractivity (Wildman–Crippen MR) is 67.9 cm³/mol. The first-order chi connectivity index (χ1) is 8.62. The average Bonchev–Trinajstić information content (AvgIpc) is 2.38. The van der Waals surface area contributed by atoms with Gasteiger partial charge in [-0.05, 0) is 24.6 Å². The summed E-state index contributed by atoms with van der Waals surface area (Å²) in [5, 5.41) is 2.80. The maximum atomic E-state index is 13.2. The number of terminal acetylenes is 1. The summed E-state index contributed by atoms with van der Waals surface area (Å²) in [5.74, 6) is 1.78. The Hall–Kier alpha value is -2.02. The zero-order valence-corrected chi connectivity index (χ0v) is 10.5. The summed E-state index contributed by atoms with van der Waals surface area (Å²) < 4.78 is 18.0. The first-order valence-electron chi connectivity index (χ1n) is 5.70. The van der Waals surface area contributed by atoms with Gasteiger partial charge in [-0.1, -0.05) is 6.92 Å². The van der Waals surface area contributed by atoms with Crippen LogP contribution in [0.15, 0.2) is 18.2 Å². The second kappa shape index (κ2) is 6.65. The summed E-state index contributed by atoms with van der Waals surface area (Å²) in [6.45, 7) is 1.94. The van der Waals surface area contributed by atoms with Gasteiger partial charge in [0.2, 0.25) is 0 Å². The van der Waals surface area contributed by atoms with Gasteiger partial charge < -0.3 is 10.1 Å². The van der Waals surface area contributed by atoms with Crippen LogP contribution in [-0.4, -0.2) is 19.1 Å². The Kier molecular flexibility index (Phi) is 5.19. The number of hydrogen-bond acceptors (Lipinski definition) is 2. The Morgan fingerprint density at radius 2 is 2.33 bits per heavy atom. The minimum Gasteiger partial charge on any atom is -0.494 e. The summed E-state index contributed by atoms with van der Waals surface area (Å²) in [6.07, 6.45) is 6.43. The van der Waals surface area contributed by atoms with Crippen LogP contribution in [-0.2, 0) is 0 Å². The molecule has 0 saturated heterocycles. The molecule has 1 aromatic rings. The van der Waals surface area contributed by atoms with Crippen molar-refractivity contribution in [1.82, 2.24) is 5.32 Å². The molecule has 1 atom stereocenters. The topological polar surface area (TPSA) is 38.3 Å². The molecule has 0 aliphatic rings. The summed E-state index contributed by atoms with van der Waals surface area (Å²) in [7, 11) is 1.35. The van der Waals surface area contributed by atoms with E-state index in [0.29, 0.717) is 12.0 Å². The Labute approximate surface area is 106 Å². The van der Waals surface area contributed by atoms with E-state index < -0.39 is 5.82 Å². The fourth-order valence-electron chi connectivity index (χ4n) is 1.51. The molecular weight excluding hydrogens is 233 g/mol. The second-order valence-electron chi connectivity index (χ2n) is 3.84. The molecule has 0 fully saturated rings. The van der Waals surface area contributed by atoms with Gasteiger partial charge in [0.1, 0.15) is 0 Å². The van der Waals surface area contributed by atoms with Crippen molar-refractivity contribution >= 4 is 5.91 Å². The van der Waals surface area contributed by atoms with Crippen LogP contribution in [0.25, 0.3) is 0 Å². The molecule has 0 bridgehead atoms. The number of carbonyl (C=O) groups is 1. The van der Waals surface area contributed by atoms with Gasteiger partial charge in [0.15, 0.2) is 11.6 Å². The fraction of sp³-hybridized carbons (Fsp3) is 0.357. The smallest absolute Gasteiger partial charge is 0.251 e. The van der Waals surface area contributed by atoms with Crippen LogP contribution < -0.4 is 10.1 Å². The number of benzene rings is 1. The highest BCUT2D eigenvalue weighted by Crippen LogP contribution is 2.18. The summed E-state index contributed by atoms with van der Waals surface area (Å²) in [5.41, 5.74) is 0.351. The Balaban J connectivity index is 2.81. The van der Waals surface area contributed by atoms with Gasteiger partial charge in [-0.15, -0.1) is 12.3 Å². The van der Waals surface area contributed by atoms with Crippen LogP contribution in [0.1, 0.15) is 30.1 Å². The molecule has 4 heteroatoms. The Morgan fingerprint density at radius 3 is 2.89 bits per heavy atom. The molecule has 0 aliphatic heterocycles. The molecule has 0 aliphatic carbocycles. The second-order valence-corrected chi connectivity index (χ2v) is 3.84. The van der Waals surface area contributed by atoms with E-state index in [4.69, 9.17) is 11.2 Å². The number of rotatable bonds is 5. The Bertz CT molecular complexity index is 465. The first-order valence-corrected chi connectivity index (χ1v) is 5.70. The van der Waals surface area contributed by atoms with Gasteiger partial charge in [-0.3, -0.25) is 4.79 Å². The molecule has 18 heavy (non-hydrogen) atoms. The molecule has 1 N–H and O–H groups in total. The third-order valence-corrected chi connectivity index (χ3v) is 2.61. The predicted octanol–water partition coefficient (Wildman–Crippen LogP) is 2.37. The highest BCUT2D eigenvalue weighted by Gasteiger charge is 2.13. The van der Waals surface area contributed by atoms with Crippen molar-refractivity contribution in [3.8, 4) is 18.1 Å². The van der Waals surface area contributed by atoms with Crippen LogP contribution in [0.4, 0.5) is 4.39 Å². The minimum atomic E-state index is -0.496. The van der Waals surface area contributed by atoms with Crippen molar-refractivity contribution in [3.05, 3.63) is 29.6 Å².